The van der Waals surface area contributed by atoms with E-state index in [1.165, 1.54) is 0 Å². The average molecular weight is 1320 g/mol. The van der Waals surface area contributed by atoms with Crippen LogP contribution in [0.5, 0.6) is 0 Å². The Balaban J connectivity index is -0.000000364. The molecular weight excluding hydrogens is 1300 g/mol. The molecule has 24 nitrogen and oxygen atoms in total. The molecule has 3 rings (SSSR count). The van der Waals surface area contributed by atoms with Gasteiger partial charge in [-0.1, -0.05) is 0 Å². The molecule has 0 heterocycles. The monoisotopic (exact) mass is 1320 g/mol. The zero-order valence-corrected chi connectivity index (χ0v) is 42.5. The Bertz CT molecular complexity index is 1830. The van der Waals surface area contributed by atoms with Crippen molar-refractivity contribution < 1.29 is 261 Å². The van der Waals surface area contributed by atoms with Crippen LogP contribution in [0.25, 0.3) is 0 Å². The predicted molar refractivity (Wildman–Crippen MR) is 163 cm³/mol. The van der Waals surface area contributed by atoms with E-state index in [0.717, 1.165) is 36.4 Å². The summed E-state index contributed by atoms with van der Waals surface area (Å²) >= 11 is 0. The first-order chi connectivity index (χ1) is 24.8. The summed E-state index contributed by atoms with van der Waals surface area (Å²) in [5.74, 6) is -20.9. The number of benzene rings is 3. The Morgan fingerprint density at radius 1 is 0.207 bits per heavy atom. The molecule has 0 unspecified atom stereocenters. The van der Waals surface area contributed by atoms with Crippen molar-refractivity contribution in [2.75, 3.05) is 0 Å². The summed E-state index contributed by atoms with van der Waals surface area (Å²) in [7, 11) is 0. The van der Waals surface area contributed by atoms with Gasteiger partial charge in [0.2, 0.25) is 0 Å². The molecule has 0 bridgehead atoms. The maximum Gasteiger partial charge on any atom is 0.337 e. The second-order valence-electron chi connectivity index (χ2n) is 9.39. The van der Waals surface area contributed by atoms with Crippen LogP contribution in [0, 0.1) is 142 Å². The van der Waals surface area contributed by atoms with Crippen molar-refractivity contribution in [2.45, 2.75) is 0 Å². The molecule has 0 atom stereocenters. The zero-order valence-electron chi connectivity index (χ0n) is 28.0. The maximum absolute atomic E-state index is 10.9. The van der Waals surface area contributed by atoms with Crippen LogP contribution < -0.4 is 0 Å². The van der Waals surface area contributed by atoms with E-state index in [4.69, 9.17) is 61.3 Å². The number of carboxylic acid groups (broad SMARTS) is 12. The molecule has 294 valence electrons. The third kappa shape index (κ3) is 15.0. The van der Waals surface area contributed by atoms with Gasteiger partial charge in [-0.25, -0.2) is 57.5 Å². The number of hydrogen-bond acceptors (Lipinski definition) is 12. The molecule has 3 aromatic rings. The molecular formula is C30H18La4O24. The molecule has 0 aliphatic heterocycles. The molecule has 0 fully saturated rings. The van der Waals surface area contributed by atoms with Crippen LogP contribution in [0.15, 0.2) is 36.4 Å². The van der Waals surface area contributed by atoms with Crippen molar-refractivity contribution in [1.82, 2.24) is 0 Å². The summed E-state index contributed by atoms with van der Waals surface area (Å²) in [6.45, 7) is 0. The average Bonchev–Trinajstić information content (AvgIpc) is 3.05. The van der Waals surface area contributed by atoms with Crippen molar-refractivity contribution >= 4 is 71.6 Å². The maximum atomic E-state index is 10.9. The summed E-state index contributed by atoms with van der Waals surface area (Å²) in [5, 5.41) is 105. The summed E-state index contributed by atoms with van der Waals surface area (Å²) < 4.78 is 0. The van der Waals surface area contributed by atoms with E-state index in [-0.39, 0.29) is 142 Å². The molecule has 0 saturated heterocycles. The number of carboxylic acids is 12. The summed E-state index contributed by atoms with van der Waals surface area (Å²) in [6.07, 6.45) is 0. The van der Waals surface area contributed by atoms with Gasteiger partial charge in [0.25, 0.3) is 0 Å². The molecule has 58 heavy (non-hydrogen) atoms. The Labute approximate surface area is 430 Å². The smallest absolute Gasteiger partial charge is 0.337 e. The van der Waals surface area contributed by atoms with Gasteiger partial charge in [0.05, 0.1) is 66.8 Å². The quantitative estimate of drug-likeness (QED) is 0.122. The fourth-order valence-corrected chi connectivity index (χ4v) is 4.21. The van der Waals surface area contributed by atoms with Gasteiger partial charge in [-0.15, -0.1) is 0 Å². The van der Waals surface area contributed by atoms with Crippen LogP contribution in [-0.2, 0) is 0 Å². The van der Waals surface area contributed by atoms with Gasteiger partial charge in [-0.3, -0.25) is 0 Å². The van der Waals surface area contributed by atoms with Gasteiger partial charge in [0.1, 0.15) is 0 Å². The Kier molecular flexibility index (Phi) is 27.5. The number of hydrogen-bond donors (Lipinski definition) is 12. The van der Waals surface area contributed by atoms with Gasteiger partial charge in [-0.05, 0) is 36.4 Å². The minimum absolute atomic E-state index is 0. The molecule has 4 radical (unpaired) electrons. The van der Waals surface area contributed by atoms with E-state index in [1.54, 1.807) is 0 Å². The number of rotatable bonds is 12. The van der Waals surface area contributed by atoms with Crippen LogP contribution in [0.1, 0.15) is 124 Å². The molecule has 0 spiro atoms. The SMILES string of the molecule is O=C(O)c1ccc(C(=O)O)c(C(=O)O)c1C(=O)O.O=C(O)c1ccc(C(=O)O)c(C(=O)O)c1C(=O)O.O=C(O)c1ccc(C(=O)O)c(C(=O)O)c1C(=O)O.[La].[La].[La].[La]. The van der Waals surface area contributed by atoms with Crippen molar-refractivity contribution in [2.24, 2.45) is 0 Å². The van der Waals surface area contributed by atoms with E-state index in [9.17, 15) is 57.5 Å². The number of carbonyl (C=O) groups is 12. The Hall–Kier alpha value is -3.92. The van der Waals surface area contributed by atoms with E-state index in [1.807, 2.05) is 0 Å². The van der Waals surface area contributed by atoms with Gasteiger partial charge in [0, 0.05) is 142 Å². The third-order valence-electron chi connectivity index (χ3n) is 6.28. The first-order valence-electron chi connectivity index (χ1n) is 13.1. The first kappa shape index (κ1) is 60.8. The van der Waals surface area contributed by atoms with Gasteiger partial charge in [0.15, 0.2) is 0 Å². The fraction of sp³-hybridized carbons (Fsp3) is 0. The van der Waals surface area contributed by atoms with E-state index < -0.39 is 138 Å². The van der Waals surface area contributed by atoms with Crippen molar-refractivity contribution in [3.63, 3.8) is 0 Å². The fourth-order valence-electron chi connectivity index (χ4n) is 4.21. The first-order valence-corrected chi connectivity index (χ1v) is 13.1. The summed E-state index contributed by atoms with van der Waals surface area (Å²) in [5.41, 5.74) is -11.1. The molecule has 0 aromatic heterocycles. The molecule has 0 saturated carbocycles. The number of aromatic carboxylic acids is 12. The third-order valence-corrected chi connectivity index (χ3v) is 6.28. The van der Waals surface area contributed by atoms with Crippen LogP contribution in [0.2, 0.25) is 0 Å². The van der Waals surface area contributed by atoms with Crippen molar-refractivity contribution in [3.8, 4) is 0 Å². The predicted octanol–water partition coefficient (Wildman–Crippen LogP) is 1.44. The molecule has 3 aromatic carbocycles. The molecule has 0 aliphatic rings. The van der Waals surface area contributed by atoms with Crippen LogP contribution in [0.3, 0.4) is 0 Å². The second kappa shape index (κ2) is 26.2. The molecule has 0 aliphatic carbocycles. The largest absolute Gasteiger partial charge is 0.478 e. The van der Waals surface area contributed by atoms with Crippen molar-refractivity contribution in [3.05, 3.63) is 103 Å². The van der Waals surface area contributed by atoms with Gasteiger partial charge in [-0.2, -0.15) is 0 Å². The Morgan fingerprint density at radius 2 is 0.293 bits per heavy atom. The van der Waals surface area contributed by atoms with E-state index >= 15 is 0 Å². The normalized spacial score (nSPS) is 9.10. The van der Waals surface area contributed by atoms with Gasteiger partial charge < -0.3 is 61.3 Å². The minimum atomic E-state index is -1.83. The summed E-state index contributed by atoms with van der Waals surface area (Å²) in [6, 6.07) is 4.43. The summed E-state index contributed by atoms with van der Waals surface area (Å²) in [4.78, 5) is 130. The standard InChI is InChI=1S/3C10H6O8.4La/c3*11-7(12)3-1-2-4(8(13)14)6(10(17)18)5(3)9(15)16;;;;/h3*1-2H,(H,11,12)(H,13,14)(H,15,16)(H,17,18);;;;. The van der Waals surface area contributed by atoms with E-state index in [2.05, 4.69) is 0 Å². The van der Waals surface area contributed by atoms with Gasteiger partial charge >= 0.3 is 71.6 Å². The molecule has 0 amide bonds. The van der Waals surface area contributed by atoms with Crippen molar-refractivity contribution in [1.29, 1.82) is 0 Å². The van der Waals surface area contributed by atoms with Crippen LogP contribution in [0.4, 0.5) is 0 Å². The minimum Gasteiger partial charge on any atom is -0.478 e. The van der Waals surface area contributed by atoms with Crippen LogP contribution in [-0.4, -0.2) is 133 Å². The molecule has 12 N–H and O–H groups in total. The van der Waals surface area contributed by atoms with Crippen LogP contribution >= 0.6 is 0 Å². The molecule has 28 heteroatoms. The van der Waals surface area contributed by atoms with E-state index in [0.29, 0.717) is 0 Å². The zero-order chi connectivity index (χ0) is 42.1. The second-order valence-corrected chi connectivity index (χ2v) is 9.39. The topological polar surface area (TPSA) is 448 Å². The Morgan fingerprint density at radius 3 is 0.345 bits per heavy atom.